The van der Waals surface area contributed by atoms with Crippen molar-refractivity contribution in [3.63, 3.8) is 0 Å². The minimum absolute atomic E-state index is 0. The van der Waals surface area contributed by atoms with Gasteiger partial charge in [-0.05, 0) is 24.9 Å². The summed E-state index contributed by atoms with van der Waals surface area (Å²) in [5.74, 6) is 0.0809. The number of amides is 1. The number of nitro benzene ring substituents is 1. The van der Waals surface area contributed by atoms with Crippen molar-refractivity contribution in [3.8, 4) is 0 Å². The maximum atomic E-state index is 11.9. The van der Waals surface area contributed by atoms with Gasteiger partial charge in [0.2, 0.25) is 5.91 Å². The van der Waals surface area contributed by atoms with Gasteiger partial charge in [-0.25, -0.2) is 0 Å². The van der Waals surface area contributed by atoms with Crippen LogP contribution in [0.2, 0.25) is 0 Å². The van der Waals surface area contributed by atoms with Gasteiger partial charge in [0, 0.05) is 25.2 Å². The van der Waals surface area contributed by atoms with Crippen LogP contribution in [0.5, 0.6) is 0 Å². The van der Waals surface area contributed by atoms with Gasteiger partial charge in [0.1, 0.15) is 0 Å². The number of hydrogen-bond donors (Lipinski definition) is 2. The Morgan fingerprint density at radius 1 is 1.40 bits per heavy atom. The fourth-order valence-electron chi connectivity index (χ4n) is 2.14. The Balaban J connectivity index is 0.00000200. The molecule has 1 atom stereocenters. The topological polar surface area (TPSA) is 84.3 Å². The molecule has 2 rings (SSSR count). The highest BCUT2D eigenvalue weighted by atomic mass is 35.5. The van der Waals surface area contributed by atoms with E-state index in [0.717, 1.165) is 31.5 Å². The van der Waals surface area contributed by atoms with Gasteiger partial charge < -0.3 is 10.6 Å². The molecule has 20 heavy (non-hydrogen) atoms. The number of piperidine rings is 1. The molecule has 110 valence electrons. The van der Waals surface area contributed by atoms with Crippen LogP contribution in [0.15, 0.2) is 24.3 Å². The van der Waals surface area contributed by atoms with Gasteiger partial charge >= 0.3 is 0 Å². The Morgan fingerprint density at radius 2 is 2.10 bits per heavy atom. The van der Waals surface area contributed by atoms with Crippen LogP contribution in [-0.4, -0.2) is 23.9 Å². The van der Waals surface area contributed by atoms with E-state index in [2.05, 4.69) is 10.6 Å². The zero-order chi connectivity index (χ0) is 13.7. The molecule has 0 aromatic heterocycles. The van der Waals surface area contributed by atoms with Crippen LogP contribution < -0.4 is 10.6 Å². The van der Waals surface area contributed by atoms with Crippen molar-refractivity contribution in [1.82, 2.24) is 10.6 Å². The van der Waals surface area contributed by atoms with Crippen LogP contribution in [-0.2, 0) is 11.3 Å². The van der Waals surface area contributed by atoms with Gasteiger partial charge in [-0.1, -0.05) is 12.1 Å². The SMILES string of the molecule is Cl.O=C(NCc1ccc([N+](=O)[O-])cc1)C1CCCNC1. The van der Waals surface area contributed by atoms with Gasteiger partial charge in [-0.2, -0.15) is 0 Å². The standard InChI is InChI=1S/C13H17N3O3.ClH/c17-13(11-2-1-7-14-9-11)15-8-10-3-5-12(6-4-10)16(18)19;/h3-6,11,14H,1-2,7-9H2,(H,15,17);1H. The van der Waals surface area contributed by atoms with E-state index >= 15 is 0 Å². The molecule has 0 aliphatic carbocycles. The quantitative estimate of drug-likeness (QED) is 0.654. The number of rotatable bonds is 4. The lowest BCUT2D eigenvalue weighted by atomic mass is 9.99. The number of hydrogen-bond acceptors (Lipinski definition) is 4. The predicted octanol–water partition coefficient (Wildman–Crippen LogP) is 1.63. The highest BCUT2D eigenvalue weighted by molar-refractivity contribution is 5.85. The molecule has 1 unspecified atom stereocenters. The van der Waals surface area contributed by atoms with Gasteiger partial charge in [0.15, 0.2) is 0 Å². The molecule has 0 spiro atoms. The highest BCUT2D eigenvalue weighted by Crippen LogP contribution is 2.13. The van der Waals surface area contributed by atoms with Crippen molar-refractivity contribution < 1.29 is 9.72 Å². The summed E-state index contributed by atoms with van der Waals surface area (Å²) in [6.45, 7) is 2.12. The lowest BCUT2D eigenvalue weighted by Gasteiger charge is -2.21. The van der Waals surface area contributed by atoms with Crippen molar-refractivity contribution >= 4 is 24.0 Å². The minimum Gasteiger partial charge on any atom is -0.352 e. The number of nitro groups is 1. The summed E-state index contributed by atoms with van der Waals surface area (Å²) in [5.41, 5.74) is 0.925. The number of carbonyl (C=O) groups excluding carboxylic acids is 1. The molecule has 6 nitrogen and oxygen atoms in total. The first-order chi connectivity index (χ1) is 9.16. The molecule has 2 N–H and O–H groups in total. The highest BCUT2D eigenvalue weighted by Gasteiger charge is 2.20. The Labute approximate surface area is 123 Å². The Hall–Kier alpha value is -1.66. The summed E-state index contributed by atoms with van der Waals surface area (Å²) in [6.07, 6.45) is 1.94. The first-order valence-electron chi connectivity index (χ1n) is 6.38. The molecule has 0 bridgehead atoms. The third-order valence-corrected chi connectivity index (χ3v) is 3.28. The minimum atomic E-state index is -0.434. The van der Waals surface area contributed by atoms with E-state index in [1.165, 1.54) is 12.1 Å². The van der Waals surface area contributed by atoms with E-state index < -0.39 is 4.92 Å². The second-order valence-corrected chi connectivity index (χ2v) is 4.68. The van der Waals surface area contributed by atoms with Crippen molar-refractivity contribution in [2.45, 2.75) is 19.4 Å². The molecule has 0 radical (unpaired) electrons. The van der Waals surface area contributed by atoms with E-state index in [1.807, 2.05) is 0 Å². The average molecular weight is 300 g/mol. The summed E-state index contributed by atoms with van der Waals surface area (Å²) in [5, 5.41) is 16.6. The fraction of sp³-hybridized carbons (Fsp3) is 0.462. The van der Waals surface area contributed by atoms with Gasteiger partial charge in [-0.3, -0.25) is 14.9 Å². The van der Waals surface area contributed by atoms with Gasteiger partial charge in [-0.15, -0.1) is 12.4 Å². The third-order valence-electron chi connectivity index (χ3n) is 3.28. The average Bonchev–Trinajstić information content (AvgIpc) is 2.46. The van der Waals surface area contributed by atoms with Crippen LogP contribution >= 0.6 is 12.4 Å². The summed E-state index contributed by atoms with van der Waals surface area (Å²) in [4.78, 5) is 22.0. The largest absolute Gasteiger partial charge is 0.352 e. The molecule has 1 heterocycles. The molecule has 1 fully saturated rings. The van der Waals surface area contributed by atoms with E-state index in [1.54, 1.807) is 12.1 Å². The van der Waals surface area contributed by atoms with E-state index in [-0.39, 0.29) is 29.9 Å². The molecule has 1 aliphatic heterocycles. The number of nitrogens with zero attached hydrogens (tertiary/aromatic N) is 1. The lowest BCUT2D eigenvalue weighted by Crippen LogP contribution is -2.40. The number of non-ortho nitro benzene ring substituents is 1. The molecule has 1 amide bonds. The number of benzene rings is 1. The van der Waals surface area contributed by atoms with Crippen LogP contribution in [0.4, 0.5) is 5.69 Å². The number of nitrogens with one attached hydrogen (secondary N) is 2. The second-order valence-electron chi connectivity index (χ2n) is 4.68. The zero-order valence-corrected chi connectivity index (χ0v) is 11.8. The maximum Gasteiger partial charge on any atom is 0.269 e. The van der Waals surface area contributed by atoms with E-state index in [0.29, 0.717) is 6.54 Å². The van der Waals surface area contributed by atoms with Crippen LogP contribution in [0.25, 0.3) is 0 Å². The summed E-state index contributed by atoms with van der Waals surface area (Å²) in [7, 11) is 0. The van der Waals surface area contributed by atoms with Crippen molar-refractivity contribution in [2.75, 3.05) is 13.1 Å². The summed E-state index contributed by atoms with van der Waals surface area (Å²) < 4.78 is 0. The van der Waals surface area contributed by atoms with Gasteiger partial charge in [0.05, 0.1) is 10.8 Å². The number of halogens is 1. The van der Waals surface area contributed by atoms with Crippen LogP contribution in [0.1, 0.15) is 18.4 Å². The summed E-state index contributed by atoms with van der Waals surface area (Å²) in [6, 6.07) is 6.22. The molecule has 1 aromatic carbocycles. The van der Waals surface area contributed by atoms with Gasteiger partial charge in [0.25, 0.3) is 5.69 Å². The van der Waals surface area contributed by atoms with Crippen molar-refractivity contribution in [3.05, 3.63) is 39.9 Å². The zero-order valence-electron chi connectivity index (χ0n) is 11.0. The maximum absolute atomic E-state index is 11.9. The monoisotopic (exact) mass is 299 g/mol. The fourth-order valence-corrected chi connectivity index (χ4v) is 2.14. The normalized spacial score (nSPS) is 17.9. The Bertz CT molecular complexity index is 458. The Morgan fingerprint density at radius 3 is 2.65 bits per heavy atom. The smallest absolute Gasteiger partial charge is 0.269 e. The lowest BCUT2D eigenvalue weighted by molar-refractivity contribution is -0.384. The van der Waals surface area contributed by atoms with E-state index in [9.17, 15) is 14.9 Å². The van der Waals surface area contributed by atoms with Crippen LogP contribution in [0.3, 0.4) is 0 Å². The molecule has 0 saturated carbocycles. The third kappa shape index (κ3) is 4.47. The summed E-state index contributed by atoms with van der Waals surface area (Å²) >= 11 is 0. The van der Waals surface area contributed by atoms with E-state index in [4.69, 9.17) is 0 Å². The molecule has 7 heteroatoms. The molecule has 1 saturated heterocycles. The number of carbonyl (C=O) groups is 1. The van der Waals surface area contributed by atoms with Crippen LogP contribution in [0, 0.1) is 16.0 Å². The first kappa shape index (κ1) is 16.4. The predicted molar refractivity (Wildman–Crippen MR) is 77.8 cm³/mol. The molecular formula is C13H18ClN3O3. The molecule has 1 aromatic rings. The molecular weight excluding hydrogens is 282 g/mol. The van der Waals surface area contributed by atoms with Crippen molar-refractivity contribution in [2.24, 2.45) is 5.92 Å². The second kappa shape index (κ2) is 7.81. The van der Waals surface area contributed by atoms with Crippen molar-refractivity contribution in [1.29, 1.82) is 0 Å². The first-order valence-corrected chi connectivity index (χ1v) is 6.38. The molecule has 1 aliphatic rings. The Kier molecular flexibility index (Phi) is 6.41.